The molecule has 0 radical (unpaired) electrons. The minimum Gasteiger partial charge on any atom is -0.383 e. The summed E-state index contributed by atoms with van der Waals surface area (Å²) < 4.78 is 0. The number of hydrogen-bond donors (Lipinski definition) is 2. The maximum atomic E-state index is 5.79. The Kier molecular flexibility index (Phi) is 4.06. The summed E-state index contributed by atoms with van der Waals surface area (Å²) in [5, 5.41) is 3.12. The van der Waals surface area contributed by atoms with Gasteiger partial charge in [0.2, 0.25) is 5.95 Å². The standard InChI is InChI=1S/C15H21N7/c1-11-9-18-15(20-14(11)16)19-12-3-4-13(17-10-12)22-7-5-21(2)6-8-22/h3-4,9-10H,5-8H2,1-2H3,(H3,16,18,19,20). The van der Waals surface area contributed by atoms with Gasteiger partial charge in [0, 0.05) is 37.9 Å². The zero-order chi connectivity index (χ0) is 15.5. The van der Waals surface area contributed by atoms with Gasteiger partial charge < -0.3 is 20.9 Å². The van der Waals surface area contributed by atoms with Crippen LogP contribution in [-0.2, 0) is 0 Å². The molecule has 2 aromatic rings. The number of likely N-dealkylation sites (N-methyl/N-ethyl adjacent to an activating group) is 1. The van der Waals surface area contributed by atoms with Crippen LogP contribution in [0.1, 0.15) is 5.56 Å². The zero-order valence-electron chi connectivity index (χ0n) is 13.0. The Morgan fingerprint density at radius 1 is 1.09 bits per heavy atom. The Morgan fingerprint density at radius 3 is 2.50 bits per heavy atom. The van der Waals surface area contributed by atoms with Gasteiger partial charge in [-0.15, -0.1) is 0 Å². The molecule has 0 atom stereocenters. The number of piperazine rings is 1. The monoisotopic (exact) mass is 299 g/mol. The van der Waals surface area contributed by atoms with Gasteiger partial charge in [-0.2, -0.15) is 4.98 Å². The van der Waals surface area contributed by atoms with E-state index >= 15 is 0 Å². The van der Waals surface area contributed by atoms with E-state index in [1.165, 1.54) is 0 Å². The van der Waals surface area contributed by atoms with Gasteiger partial charge in [0.1, 0.15) is 11.6 Å². The number of anilines is 4. The second-order valence-electron chi connectivity index (χ2n) is 5.58. The van der Waals surface area contributed by atoms with Crippen molar-refractivity contribution < 1.29 is 0 Å². The molecule has 7 nitrogen and oxygen atoms in total. The molecule has 0 unspecified atom stereocenters. The van der Waals surface area contributed by atoms with E-state index in [1.807, 2.05) is 19.1 Å². The van der Waals surface area contributed by atoms with Crippen LogP contribution in [0, 0.1) is 6.92 Å². The Hall–Kier alpha value is -2.41. The molecule has 2 aromatic heterocycles. The van der Waals surface area contributed by atoms with Crippen LogP contribution in [0.4, 0.5) is 23.3 Å². The third-order valence-corrected chi connectivity index (χ3v) is 3.84. The normalized spacial score (nSPS) is 15.8. The van der Waals surface area contributed by atoms with Gasteiger partial charge in [0.25, 0.3) is 0 Å². The molecule has 0 aromatic carbocycles. The summed E-state index contributed by atoms with van der Waals surface area (Å²) in [6, 6.07) is 4.01. The van der Waals surface area contributed by atoms with E-state index in [0.717, 1.165) is 43.2 Å². The van der Waals surface area contributed by atoms with Crippen LogP contribution in [0.25, 0.3) is 0 Å². The lowest BCUT2D eigenvalue weighted by Gasteiger charge is -2.33. The highest BCUT2D eigenvalue weighted by molar-refractivity contribution is 5.56. The average molecular weight is 299 g/mol. The van der Waals surface area contributed by atoms with Crippen LogP contribution in [0.5, 0.6) is 0 Å². The summed E-state index contributed by atoms with van der Waals surface area (Å²) in [4.78, 5) is 17.6. The van der Waals surface area contributed by atoms with E-state index < -0.39 is 0 Å². The molecule has 1 aliphatic heterocycles. The van der Waals surface area contributed by atoms with E-state index in [1.54, 1.807) is 12.4 Å². The number of nitrogens with one attached hydrogen (secondary N) is 1. The van der Waals surface area contributed by atoms with Crippen molar-refractivity contribution in [2.75, 3.05) is 49.2 Å². The van der Waals surface area contributed by atoms with Crippen molar-refractivity contribution in [2.24, 2.45) is 0 Å². The highest BCUT2D eigenvalue weighted by atomic mass is 15.3. The highest BCUT2D eigenvalue weighted by Gasteiger charge is 2.15. The largest absolute Gasteiger partial charge is 0.383 e. The number of nitrogens with zero attached hydrogens (tertiary/aromatic N) is 5. The molecule has 3 heterocycles. The van der Waals surface area contributed by atoms with Crippen molar-refractivity contribution in [2.45, 2.75) is 6.92 Å². The maximum absolute atomic E-state index is 5.79. The lowest BCUT2D eigenvalue weighted by atomic mass is 10.3. The number of hydrogen-bond acceptors (Lipinski definition) is 7. The molecule has 0 spiro atoms. The third-order valence-electron chi connectivity index (χ3n) is 3.84. The smallest absolute Gasteiger partial charge is 0.229 e. The first kappa shape index (κ1) is 14.5. The first-order valence-corrected chi connectivity index (χ1v) is 7.37. The van der Waals surface area contributed by atoms with E-state index in [9.17, 15) is 0 Å². The van der Waals surface area contributed by atoms with Crippen LogP contribution in [0.2, 0.25) is 0 Å². The molecule has 22 heavy (non-hydrogen) atoms. The van der Waals surface area contributed by atoms with Crippen LogP contribution in [-0.4, -0.2) is 53.1 Å². The molecular formula is C15H21N7. The van der Waals surface area contributed by atoms with Crippen LogP contribution in [0.3, 0.4) is 0 Å². The summed E-state index contributed by atoms with van der Waals surface area (Å²) in [6.45, 7) is 6.03. The molecule has 116 valence electrons. The Morgan fingerprint density at radius 2 is 1.86 bits per heavy atom. The van der Waals surface area contributed by atoms with Gasteiger partial charge in [0.15, 0.2) is 0 Å². The number of aromatic nitrogens is 3. The Labute approximate surface area is 130 Å². The Balaban J connectivity index is 1.67. The number of aryl methyl sites for hydroxylation is 1. The lowest BCUT2D eigenvalue weighted by Crippen LogP contribution is -2.44. The molecule has 1 aliphatic rings. The van der Waals surface area contributed by atoms with Crippen molar-refractivity contribution in [3.05, 3.63) is 30.1 Å². The number of pyridine rings is 1. The number of nitrogen functional groups attached to an aromatic ring is 1. The van der Waals surface area contributed by atoms with E-state index in [4.69, 9.17) is 5.73 Å². The minimum absolute atomic E-state index is 0.484. The molecule has 1 saturated heterocycles. The van der Waals surface area contributed by atoms with Crippen LogP contribution < -0.4 is 16.0 Å². The second-order valence-corrected chi connectivity index (χ2v) is 5.58. The van der Waals surface area contributed by atoms with Crippen molar-refractivity contribution >= 4 is 23.3 Å². The molecule has 0 amide bonds. The Bertz CT molecular complexity index is 633. The van der Waals surface area contributed by atoms with Gasteiger partial charge in [0.05, 0.1) is 11.9 Å². The molecule has 0 aliphatic carbocycles. The molecule has 0 saturated carbocycles. The summed E-state index contributed by atoms with van der Waals surface area (Å²) in [7, 11) is 2.14. The van der Waals surface area contributed by atoms with Crippen molar-refractivity contribution in [3.63, 3.8) is 0 Å². The number of rotatable bonds is 3. The fraction of sp³-hybridized carbons (Fsp3) is 0.400. The topological polar surface area (TPSA) is 83.2 Å². The van der Waals surface area contributed by atoms with Gasteiger partial charge in [-0.1, -0.05) is 0 Å². The maximum Gasteiger partial charge on any atom is 0.229 e. The first-order valence-electron chi connectivity index (χ1n) is 7.37. The van der Waals surface area contributed by atoms with E-state index in [-0.39, 0.29) is 0 Å². The van der Waals surface area contributed by atoms with Gasteiger partial charge in [-0.05, 0) is 26.1 Å². The average Bonchev–Trinajstić information content (AvgIpc) is 2.53. The number of nitrogens with two attached hydrogens (primary N) is 1. The summed E-state index contributed by atoms with van der Waals surface area (Å²) in [5.74, 6) is 1.97. The second kappa shape index (κ2) is 6.15. The van der Waals surface area contributed by atoms with Crippen molar-refractivity contribution in [1.82, 2.24) is 19.9 Å². The summed E-state index contributed by atoms with van der Waals surface area (Å²) >= 11 is 0. The van der Waals surface area contributed by atoms with Gasteiger partial charge in [-0.25, -0.2) is 9.97 Å². The SMILES string of the molecule is Cc1cnc(Nc2ccc(N3CCN(C)CC3)nc2)nc1N. The third kappa shape index (κ3) is 3.25. The highest BCUT2D eigenvalue weighted by Crippen LogP contribution is 2.18. The molecule has 1 fully saturated rings. The fourth-order valence-corrected chi connectivity index (χ4v) is 2.33. The molecule has 3 N–H and O–H groups in total. The van der Waals surface area contributed by atoms with Crippen molar-refractivity contribution in [1.29, 1.82) is 0 Å². The quantitative estimate of drug-likeness (QED) is 0.882. The molecule has 7 heteroatoms. The van der Waals surface area contributed by atoms with Crippen LogP contribution >= 0.6 is 0 Å². The fourth-order valence-electron chi connectivity index (χ4n) is 2.33. The predicted octanol–water partition coefficient (Wildman–Crippen LogP) is 1.26. The van der Waals surface area contributed by atoms with Gasteiger partial charge in [-0.3, -0.25) is 0 Å². The first-order chi connectivity index (χ1) is 10.6. The molecular weight excluding hydrogens is 278 g/mol. The molecule has 0 bridgehead atoms. The van der Waals surface area contributed by atoms with Gasteiger partial charge >= 0.3 is 0 Å². The lowest BCUT2D eigenvalue weighted by molar-refractivity contribution is 0.312. The van der Waals surface area contributed by atoms with E-state index in [2.05, 4.69) is 37.1 Å². The predicted molar refractivity (Wildman–Crippen MR) is 88.4 cm³/mol. The van der Waals surface area contributed by atoms with Crippen LogP contribution in [0.15, 0.2) is 24.5 Å². The summed E-state index contributed by atoms with van der Waals surface area (Å²) in [6.07, 6.45) is 3.50. The zero-order valence-corrected chi connectivity index (χ0v) is 13.0. The van der Waals surface area contributed by atoms with E-state index in [0.29, 0.717) is 11.8 Å². The minimum atomic E-state index is 0.484. The molecule has 3 rings (SSSR count). The summed E-state index contributed by atoms with van der Waals surface area (Å²) in [5.41, 5.74) is 7.51. The van der Waals surface area contributed by atoms with Crippen molar-refractivity contribution in [3.8, 4) is 0 Å².